The van der Waals surface area contributed by atoms with Gasteiger partial charge in [0.25, 0.3) is 0 Å². The second kappa shape index (κ2) is 9.71. The van der Waals surface area contributed by atoms with Crippen molar-refractivity contribution in [3.63, 3.8) is 0 Å². The van der Waals surface area contributed by atoms with Crippen LogP contribution in [0.2, 0.25) is 0 Å². The van der Waals surface area contributed by atoms with Gasteiger partial charge in [-0.25, -0.2) is 14.5 Å². The fourth-order valence-corrected chi connectivity index (χ4v) is 4.39. The number of rotatable bonds is 6. The number of nitrogens with zero attached hydrogens (tertiary/aromatic N) is 4. The molecule has 4 rings (SSSR count). The van der Waals surface area contributed by atoms with Crippen molar-refractivity contribution < 1.29 is 14.7 Å². The molecule has 8 nitrogen and oxygen atoms in total. The number of aromatic nitrogens is 2. The predicted octanol–water partition coefficient (Wildman–Crippen LogP) is 2.36. The summed E-state index contributed by atoms with van der Waals surface area (Å²) < 4.78 is 1.71. The Bertz CT molecular complexity index is 1240. The maximum atomic E-state index is 11.3. The molecule has 9 heteroatoms. The van der Waals surface area contributed by atoms with Crippen molar-refractivity contribution in [3.05, 3.63) is 70.8 Å². The van der Waals surface area contributed by atoms with E-state index < -0.39 is 5.97 Å². The van der Waals surface area contributed by atoms with Gasteiger partial charge in [0.1, 0.15) is 17.1 Å². The van der Waals surface area contributed by atoms with E-state index in [1.807, 2.05) is 37.4 Å². The van der Waals surface area contributed by atoms with Crippen LogP contribution in [-0.2, 0) is 11.8 Å². The van der Waals surface area contributed by atoms with Crippen LogP contribution in [0.25, 0.3) is 21.7 Å². The molecule has 0 saturated carbocycles. The Labute approximate surface area is 189 Å². The first kappa shape index (κ1) is 21.7. The van der Waals surface area contributed by atoms with Gasteiger partial charge in [0.2, 0.25) is 4.80 Å². The summed E-state index contributed by atoms with van der Waals surface area (Å²) in [6, 6.07) is 14.7. The summed E-state index contributed by atoms with van der Waals surface area (Å²) in [5, 5.41) is 18.0. The number of carbonyl (C=O) groups excluding carboxylic acids is 1. The number of carboxylic acids is 1. The number of nitrogens with one attached hydrogen (secondary N) is 1. The molecule has 1 fully saturated rings. The van der Waals surface area contributed by atoms with Crippen molar-refractivity contribution in [1.29, 1.82) is 0 Å². The number of aryl methyl sites for hydroxylation is 1. The van der Waals surface area contributed by atoms with Crippen LogP contribution >= 0.6 is 11.3 Å². The van der Waals surface area contributed by atoms with E-state index in [1.165, 1.54) is 17.4 Å². The van der Waals surface area contributed by atoms with E-state index in [1.54, 1.807) is 22.9 Å². The van der Waals surface area contributed by atoms with Gasteiger partial charge >= 0.3 is 5.97 Å². The molecule has 0 spiro atoms. The van der Waals surface area contributed by atoms with Crippen molar-refractivity contribution in [3.8, 4) is 21.7 Å². The van der Waals surface area contributed by atoms with Gasteiger partial charge in [-0.1, -0.05) is 41.7 Å². The van der Waals surface area contributed by atoms with Crippen LogP contribution in [0.1, 0.15) is 10.4 Å². The molecule has 1 aromatic heterocycles. The second-order valence-corrected chi connectivity index (χ2v) is 8.25. The fourth-order valence-electron chi connectivity index (χ4n) is 3.49. The van der Waals surface area contributed by atoms with E-state index in [9.17, 15) is 14.7 Å². The molecule has 0 aliphatic carbocycles. The van der Waals surface area contributed by atoms with E-state index in [0.717, 1.165) is 54.2 Å². The molecule has 164 valence electrons. The highest BCUT2D eigenvalue weighted by Gasteiger charge is 2.14. The van der Waals surface area contributed by atoms with Crippen molar-refractivity contribution in [2.75, 3.05) is 26.2 Å². The number of benzene rings is 2. The zero-order chi connectivity index (χ0) is 22.5. The minimum Gasteiger partial charge on any atom is -0.478 e. The Morgan fingerprint density at radius 1 is 1.12 bits per heavy atom. The maximum Gasteiger partial charge on any atom is 0.335 e. The third-order valence-electron chi connectivity index (χ3n) is 5.13. The summed E-state index contributed by atoms with van der Waals surface area (Å²) >= 11 is 1.43. The summed E-state index contributed by atoms with van der Waals surface area (Å²) in [5.74, 6) is -0.323. The lowest BCUT2D eigenvalue weighted by Crippen LogP contribution is -2.42. The van der Waals surface area contributed by atoms with Gasteiger partial charge in [0.15, 0.2) is 0 Å². The van der Waals surface area contributed by atoms with Gasteiger partial charge in [0, 0.05) is 44.9 Å². The molecule has 0 radical (unpaired) electrons. The first-order chi connectivity index (χ1) is 15.5. The van der Waals surface area contributed by atoms with Gasteiger partial charge in [-0.2, -0.15) is 5.10 Å². The SMILES string of the molecule is Cn1nc(-c2cccc(-c3cccc(C(=O)O)c3)c2)s/c1=N/C(=C\C=O)N1CCNCC1. The Hall–Kier alpha value is -3.56. The van der Waals surface area contributed by atoms with Crippen LogP contribution in [0.5, 0.6) is 0 Å². The first-order valence-corrected chi connectivity index (χ1v) is 11.0. The van der Waals surface area contributed by atoms with E-state index >= 15 is 0 Å². The van der Waals surface area contributed by atoms with E-state index in [4.69, 9.17) is 4.99 Å². The summed E-state index contributed by atoms with van der Waals surface area (Å²) in [6.45, 7) is 3.27. The number of hydrogen-bond acceptors (Lipinski definition) is 7. The molecule has 2 N–H and O–H groups in total. The Balaban J connectivity index is 1.68. The topological polar surface area (TPSA) is 99.8 Å². The molecule has 0 bridgehead atoms. The van der Waals surface area contributed by atoms with Gasteiger partial charge < -0.3 is 15.3 Å². The molecule has 1 aliphatic heterocycles. The van der Waals surface area contributed by atoms with Crippen LogP contribution in [0.3, 0.4) is 0 Å². The minimum absolute atomic E-state index is 0.247. The fraction of sp³-hybridized carbons (Fsp3) is 0.217. The number of allylic oxidation sites excluding steroid dienone is 1. The lowest BCUT2D eigenvalue weighted by molar-refractivity contribution is -0.104. The van der Waals surface area contributed by atoms with Crippen molar-refractivity contribution in [1.82, 2.24) is 20.0 Å². The second-order valence-electron chi connectivity index (χ2n) is 7.29. The van der Waals surface area contributed by atoms with Gasteiger partial charge in [-0.05, 0) is 29.3 Å². The van der Waals surface area contributed by atoms with Crippen LogP contribution in [-0.4, -0.2) is 58.2 Å². The number of aldehydes is 1. The molecule has 2 heterocycles. The number of carboxylic acid groups (broad SMARTS) is 1. The molecule has 3 aromatic rings. The largest absolute Gasteiger partial charge is 0.478 e. The molecule has 1 aliphatic rings. The quantitative estimate of drug-likeness (QED) is 0.443. The molecule has 1 saturated heterocycles. The Morgan fingerprint density at radius 3 is 2.53 bits per heavy atom. The summed E-state index contributed by atoms with van der Waals surface area (Å²) in [7, 11) is 1.83. The molecular formula is C23H23N5O3S. The zero-order valence-corrected chi connectivity index (χ0v) is 18.4. The van der Waals surface area contributed by atoms with Crippen molar-refractivity contribution >= 4 is 23.6 Å². The number of piperazine rings is 1. The van der Waals surface area contributed by atoms with Crippen molar-refractivity contribution in [2.24, 2.45) is 12.0 Å². The maximum absolute atomic E-state index is 11.3. The zero-order valence-electron chi connectivity index (χ0n) is 17.6. The number of carbonyl (C=O) groups is 2. The third kappa shape index (κ3) is 4.84. The smallest absolute Gasteiger partial charge is 0.335 e. The normalized spacial score (nSPS) is 15.1. The van der Waals surface area contributed by atoms with Crippen LogP contribution < -0.4 is 10.1 Å². The summed E-state index contributed by atoms with van der Waals surface area (Å²) in [5.41, 5.74) is 2.89. The number of aromatic carboxylic acids is 1. The van der Waals surface area contributed by atoms with Gasteiger partial charge in [-0.15, -0.1) is 0 Å². The summed E-state index contributed by atoms with van der Waals surface area (Å²) in [4.78, 5) is 30.0. The van der Waals surface area contributed by atoms with Gasteiger partial charge in [0.05, 0.1) is 5.56 Å². The lowest BCUT2D eigenvalue weighted by Gasteiger charge is -2.28. The molecule has 0 amide bonds. The van der Waals surface area contributed by atoms with Crippen LogP contribution in [0.15, 0.2) is 65.4 Å². The standard InChI is InChI=1S/C23H23N5O3S/c1-27-23(25-20(8-13-29)28-11-9-24-10-12-28)32-21(26-27)18-6-2-4-16(14-18)17-5-3-7-19(15-17)22(30)31/h2-8,13-15,24H,9-12H2,1H3,(H,30,31)/b20-8+,25-23+. The molecule has 2 aromatic carbocycles. The predicted molar refractivity (Wildman–Crippen MR) is 123 cm³/mol. The lowest BCUT2D eigenvalue weighted by atomic mass is 10.0. The highest BCUT2D eigenvalue weighted by atomic mass is 32.1. The van der Waals surface area contributed by atoms with E-state index in [-0.39, 0.29) is 5.56 Å². The van der Waals surface area contributed by atoms with Crippen molar-refractivity contribution in [2.45, 2.75) is 0 Å². The first-order valence-electron chi connectivity index (χ1n) is 10.2. The summed E-state index contributed by atoms with van der Waals surface area (Å²) in [6.07, 6.45) is 2.25. The monoisotopic (exact) mass is 449 g/mol. The minimum atomic E-state index is -0.954. The molecular weight excluding hydrogens is 426 g/mol. The van der Waals surface area contributed by atoms with Crippen LogP contribution in [0, 0.1) is 0 Å². The van der Waals surface area contributed by atoms with E-state index in [2.05, 4.69) is 15.3 Å². The van der Waals surface area contributed by atoms with Gasteiger partial charge in [-0.3, -0.25) is 4.79 Å². The molecule has 0 atom stereocenters. The number of hydrogen-bond donors (Lipinski definition) is 2. The Kier molecular flexibility index (Phi) is 6.58. The van der Waals surface area contributed by atoms with Crippen LogP contribution in [0.4, 0.5) is 0 Å². The average molecular weight is 450 g/mol. The highest BCUT2D eigenvalue weighted by Crippen LogP contribution is 2.27. The molecule has 32 heavy (non-hydrogen) atoms. The van der Waals surface area contributed by atoms with E-state index in [0.29, 0.717) is 10.6 Å². The third-order valence-corrected chi connectivity index (χ3v) is 6.18. The highest BCUT2D eigenvalue weighted by molar-refractivity contribution is 7.12. The average Bonchev–Trinajstić information content (AvgIpc) is 3.19. The molecule has 0 unspecified atom stereocenters. The Morgan fingerprint density at radius 2 is 1.81 bits per heavy atom.